The van der Waals surface area contributed by atoms with Crippen molar-refractivity contribution in [3.05, 3.63) is 69.4 Å². The number of methoxy groups -OCH3 is 1. The standard InChI is InChI=1S/C29H32FN3O4/c1-15-12-13-31-25-20(15)27(34)33-24-17(3)23(30)26(36-7)21(22(24)25)19-10-8-18(9-11-19)16(2)14-32-28(35)37-29(4,5)6/h8-13,16H,14H2,1-7H3,(H,32,35)(H,33,34). The number of ether oxygens (including phenoxy) is 2. The molecular weight excluding hydrogens is 473 g/mol. The third-order valence-electron chi connectivity index (χ3n) is 6.42. The van der Waals surface area contributed by atoms with Gasteiger partial charge in [-0.25, -0.2) is 9.18 Å². The van der Waals surface area contributed by atoms with E-state index in [1.165, 1.54) is 7.11 Å². The van der Waals surface area contributed by atoms with E-state index in [0.29, 0.717) is 39.5 Å². The number of carbonyl (C=O) groups is 1. The number of aromatic amines is 1. The molecule has 194 valence electrons. The molecule has 37 heavy (non-hydrogen) atoms. The molecule has 0 spiro atoms. The van der Waals surface area contributed by atoms with Crippen molar-refractivity contribution >= 4 is 27.9 Å². The molecule has 0 saturated carbocycles. The Balaban J connectivity index is 1.81. The fourth-order valence-electron chi connectivity index (χ4n) is 4.53. The van der Waals surface area contributed by atoms with Crippen LogP contribution in [-0.4, -0.2) is 35.3 Å². The van der Waals surface area contributed by atoms with E-state index < -0.39 is 17.5 Å². The first kappa shape index (κ1) is 26.1. The normalized spacial score (nSPS) is 12.5. The molecule has 0 bridgehead atoms. The Labute approximate surface area is 215 Å². The quantitative estimate of drug-likeness (QED) is 0.318. The molecule has 2 heterocycles. The third kappa shape index (κ3) is 5.01. The van der Waals surface area contributed by atoms with Crippen molar-refractivity contribution in [2.75, 3.05) is 13.7 Å². The molecule has 1 atom stereocenters. The Kier molecular flexibility index (Phi) is 6.95. The van der Waals surface area contributed by atoms with Crippen LogP contribution in [0.2, 0.25) is 0 Å². The number of nitrogens with zero attached hydrogens (tertiary/aromatic N) is 1. The van der Waals surface area contributed by atoms with Gasteiger partial charge in [-0.15, -0.1) is 0 Å². The Morgan fingerprint density at radius 1 is 1.14 bits per heavy atom. The molecule has 0 aliphatic heterocycles. The van der Waals surface area contributed by atoms with Gasteiger partial charge in [0.1, 0.15) is 5.60 Å². The molecular formula is C29H32FN3O4. The van der Waals surface area contributed by atoms with Crippen LogP contribution in [0, 0.1) is 19.7 Å². The van der Waals surface area contributed by atoms with Gasteiger partial charge in [-0.05, 0) is 63.3 Å². The minimum absolute atomic E-state index is 0.0106. The fraction of sp³-hybridized carbons (Fsp3) is 0.345. The molecule has 4 rings (SSSR count). The number of halogens is 1. The second-order valence-electron chi connectivity index (χ2n) is 10.3. The van der Waals surface area contributed by atoms with Crippen LogP contribution in [0.4, 0.5) is 9.18 Å². The number of hydrogen-bond acceptors (Lipinski definition) is 5. The van der Waals surface area contributed by atoms with E-state index in [-0.39, 0.29) is 22.8 Å². The maximum absolute atomic E-state index is 15.5. The summed E-state index contributed by atoms with van der Waals surface area (Å²) in [5, 5.41) is 3.89. The van der Waals surface area contributed by atoms with E-state index in [1.54, 1.807) is 19.2 Å². The summed E-state index contributed by atoms with van der Waals surface area (Å²) in [6.07, 6.45) is 1.18. The van der Waals surface area contributed by atoms with E-state index in [0.717, 1.165) is 11.1 Å². The van der Waals surface area contributed by atoms with Crippen molar-refractivity contribution < 1.29 is 18.7 Å². The molecule has 0 radical (unpaired) electrons. The number of fused-ring (bicyclic) bond motifs is 3. The number of hydrogen-bond donors (Lipinski definition) is 2. The van der Waals surface area contributed by atoms with Crippen LogP contribution in [0.5, 0.6) is 5.75 Å². The summed E-state index contributed by atoms with van der Waals surface area (Å²) in [6, 6.07) is 9.42. The van der Waals surface area contributed by atoms with Crippen LogP contribution in [0.25, 0.3) is 32.9 Å². The van der Waals surface area contributed by atoms with Gasteiger partial charge >= 0.3 is 6.09 Å². The first-order chi connectivity index (χ1) is 17.4. The van der Waals surface area contributed by atoms with Crippen LogP contribution in [0.15, 0.2) is 41.3 Å². The summed E-state index contributed by atoms with van der Waals surface area (Å²) in [6.45, 7) is 11.3. The van der Waals surface area contributed by atoms with Gasteiger partial charge in [0.15, 0.2) is 11.6 Å². The maximum Gasteiger partial charge on any atom is 0.407 e. The van der Waals surface area contributed by atoms with Gasteiger partial charge in [-0.3, -0.25) is 9.78 Å². The number of carbonyl (C=O) groups excluding carboxylic acids is 1. The summed E-state index contributed by atoms with van der Waals surface area (Å²) in [4.78, 5) is 32.3. The molecule has 2 N–H and O–H groups in total. The molecule has 1 unspecified atom stereocenters. The van der Waals surface area contributed by atoms with Crippen LogP contribution >= 0.6 is 0 Å². The van der Waals surface area contributed by atoms with E-state index >= 15 is 4.39 Å². The Morgan fingerprint density at radius 3 is 2.43 bits per heavy atom. The summed E-state index contributed by atoms with van der Waals surface area (Å²) in [7, 11) is 1.43. The predicted octanol–water partition coefficient (Wildman–Crippen LogP) is 6.14. The molecule has 7 nitrogen and oxygen atoms in total. The van der Waals surface area contributed by atoms with E-state index in [4.69, 9.17) is 9.47 Å². The van der Waals surface area contributed by atoms with Gasteiger partial charge in [0.2, 0.25) is 0 Å². The van der Waals surface area contributed by atoms with Gasteiger partial charge in [-0.1, -0.05) is 31.2 Å². The molecule has 0 aliphatic carbocycles. The van der Waals surface area contributed by atoms with Gasteiger partial charge in [0.25, 0.3) is 5.56 Å². The lowest BCUT2D eigenvalue weighted by Gasteiger charge is -2.21. The van der Waals surface area contributed by atoms with E-state index in [9.17, 15) is 9.59 Å². The Hall–Kier alpha value is -3.94. The number of aromatic nitrogens is 2. The van der Waals surface area contributed by atoms with Gasteiger partial charge < -0.3 is 19.8 Å². The summed E-state index contributed by atoms with van der Waals surface area (Å²) in [5.74, 6) is -0.433. The zero-order chi connectivity index (χ0) is 27.1. The van der Waals surface area contributed by atoms with E-state index in [2.05, 4.69) is 15.3 Å². The molecule has 2 aromatic carbocycles. The summed E-state index contributed by atoms with van der Waals surface area (Å²) >= 11 is 0. The first-order valence-electron chi connectivity index (χ1n) is 12.2. The van der Waals surface area contributed by atoms with Crippen molar-refractivity contribution in [2.24, 2.45) is 0 Å². The lowest BCUT2D eigenvalue weighted by Crippen LogP contribution is -2.34. The molecule has 0 aliphatic rings. The van der Waals surface area contributed by atoms with E-state index in [1.807, 2.05) is 58.9 Å². The van der Waals surface area contributed by atoms with Crippen LogP contribution in [-0.2, 0) is 4.74 Å². The van der Waals surface area contributed by atoms with Crippen molar-refractivity contribution in [3.63, 3.8) is 0 Å². The Bertz CT molecular complexity index is 1550. The largest absolute Gasteiger partial charge is 0.493 e. The topological polar surface area (TPSA) is 93.3 Å². The highest BCUT2D eigenvalue weighted by molar-refractivity contribution is 6.13. The number of nitrogens with one attached hydrogen (secondary N) is 2. The van der Waals surface area contributed by atoms with Crippen molar-refractivity contribution in [1.82, 2.24) is 15.3 Å². The summed E-state index contributed by atoms with van der Waals surface area (Å²) in [5.41, 5.74) is 3.30. The highest BCUT2D eigenvalue weighted by Gasteiger charge is 2.24. The maximum atomic E-state index is 15.5. The third-order valence-corrected chi connectivity index (χ3v) is 6.42. The number of H-pyrrole nitrogens is 1. The van der Waals surface area contributed by atoms with Gasteiger partial charge in [0.05, 0.1) is 23.5 Å². The minimum atomic E-state index is -0.567. The highest BCUT2D eigenvalue weighted by atomic mass is 19.1. The minimum Gasteiger partial charge on any atom is -0.493 e. The number of rotatable bonds is 5. The van der Waals surface area contributed by atoms with Crippen molar-refractivity contribution in [1.29, 1.82) is 0 Å². The SMILES string of the molecule is COc1c(F)c(C)c2[nH]c(=O)c3c(C)ccnc3c2c1-c1ccc(C(C)CNC(=O)OC(C)(C)C)cc1. The average Bonchev–Trinajstić information content (AvgIpc) is 2.84. The number of alkyl carbamates (subject to hydrolysis) is 1. The zero-order valence-corrected chi connectivity index (χ0v) is 22.2. The number of aryl methyl sites for hydroxylation is 2. The van der Waals surface area contributed by atoms with Gasteiger partial charge in [0, 0.05) is 29.3 Å². The second-order valence-corrected chi connectivity index (χ2v) is 10.3. The van der Waals surface area contributed by atoms with Crippen LogP contribution in [0.1, 0.15) is 50.3 Å². The first-order valence-corrected chi connectivity index (χ1v) is 12.2. The van der Waals surface area contributed by atoms with Crippen LogP contribution < -0.4 is 15.6 Å². The molecule has 0 fully saturated rings. The van der Waals surface area contributed by atoms with Crippen molar-refractivity contribution in [2.45, 2.75) is 53.1 Å². The van der Waals surface area contributed by atoms with Crippen LogP contribution in [0.3, 0.4) is 0 Å². The zero-order valence-electron chi connectivity index (χ0n) is 22.2. The number of amides is 1. The average molecular weight is 506 g/mol. The number of pyridine rings is 2. The molecule has 1 amide bonds. The molecule has 4 aromatic rings. The monoisotopic (exact) mass is 505 g/mol. The van der Waals surface area contributed by atoms with Gasteiger partial charge in [-0.2, -0.15) is 0 Å². The fourth-order valence-corrected chi connectivity index (χ4v) is 4.53. The highest BCUT2D eigenvalue weighted by Crippen LogP contribution is 2.43. The second kappa shape index (κ2) is 9.84. The predicted molar refractivity (Wildman–Crippen MR) is 144 cm³/mol. The molecule has 8 heteroatoms. The lowest BCUT2D eigenvalue weighted by molar-refractivity contribution is 0.0525. The summed E-state index contributed by atoms with van der Waals surface area (Å²) < 4.78 is 26.3. The number of benzene rings is 2. The molecule has 2 aromatic heterocycles. The smallest absolute Gasteiger partial charge is 0.407 e. The Morgan fingerprint density at radius 2 is 1.81 bits per heavy atom. The molecule has 0 saturated heterocycles. The lowest BCUT2D eigenvalue weighted by atomic mass is 9.92. The van der Waals surface area contributed by atoms with Crippen molar-refractivity contribution in [3.8, 4) is 16.9 Å².